The minimum Gasteiger partial charge on any atom is -0.461 e. The van der Waals surface area contributed by atoms with Gasteiger partial charge in [-0.05, 0) is 31.2 Å². The maximum absolute atomic E-state index is 12.2. The van der Waals surface area contributed by atoms with Gasteiger partial charge in [0, 0.05) is 5.41 Å². The van der Waals surface area contributed by atoms with Crippen molar-refractivity contribution in [1.29, 1.82) is 0 Å². The third kappa shape index (κ3) is 5.69. The van der Waals surface area contributed by atoms with Crippen molar-refractivity contribution in [2.45, 2.75) is 25.7 Å². The van der Waals surface area contributed by atoms with Gasteiger partial charge >= 0.3 is 5.97 Å². The molecule has 2 aromatic carbocycles. The molecule has 2 aromatic rings. The molecule has 0 bridgehead atoms. The van der Waals surface area contributed by atoms with Crippen LogP contribution in [0, 0.1) is 12.3 Å². The maximum Gasteiger partial charge on any atom is 0.338 e. The van der Waals surface area contributed by atoms with E-state index in [1.54, 1.807) is 50.2 Å². The van der Waals surface area contributed by atoms with Crippen molar-refractivity contribution in [3.63, 3.8) is 0 Å². The van der Waals surface area contributed by atoms with E-state index in [9.17, 15) is 13.2 Å². The first-order valence-electron chi connectivity index (χ1n) is 7.88. The Kier molecular flexibility index (Phi) is 5.98. The molecule has 0 aliphatic heterocycles. The summed E-state index contributed by atoms with van der Waals surface area (Å²) in [7, 11) is -3.84. The molecule has 25 heavy (non-hydrogen) atoms. The van der Waals surface area contributed by atoms with Crippen molar-refractivity contribution in [1.82, 2.24) is 0 Å². The molecule has 0 aliphatic carbocycles. The topological polar surface area (TPSA) is 69.7 Å². The van der Waals surface area contributed by atoms with Crippen LogP contribution in [-0.4, -0.2) is 27.6 Å². The van der Waals surface area contributed by atoms with E-state index >= 15 is 0 Å². The molecule has 134 valence electrons. The molecule has 0 radical (unpaired) electrons. The Morgan fingerprint density at radius 2 is 1.56 bits per heavy atom. The second kappa shape index (κ2) is 7.80. The monoisotopic (exact) mass is 362 g/mol. The Balaban J connectivity index is 1.92. The van der Waals surface area contributed by atoms with Crippen LogP contribution >= 0.6 is 0 Å². The van der Waals surface area contributed by atoms with Gasteiger partial charge in [-0.2, -0.15) is 8.42 Å². The van der Waals surface area contributed by atoms with Crippen molar-refractivity contribution < 1.29 is 22.1 Å². The van der Waals surface area contributed by atoms with Crippen LogP contribution in [0.25, 0.3) is 0 Å². The summed E-state index contributed by atoms with van der Waals surface area (Å²) in [6.07, 6.45) is 0. The van der Waals surface area contributed by atoms with Crippen LogP contribution in [0.4, 0.5) is 0 Å². The lowest BCUT2D eigenvalue weighted by molar-refractivity contribution is 0.0255. The molecule has 0 saturated carbocycles. The standard InChI is InChI=1S/C19H22O5S/c1-15-9-11-17(12-10-15)25(21,22)24-14-19(2,3)13-23-18(20)16-7-5-4-6-8-16/h4-12H,13-14H2,1-3H3. The summed E-state index contributed by atoms with van der Waals surface area (Å²) >= 11 is 0. The van der Waals surface area contributed by atoms with Crippen molar-refractivity contribution in [2.75, 3.05) is 13.2 Å². The van der Waals surface area contributed by atoms with E-state index in [4.69, 9.17) is 8.92 Å². The van der Waals surface area contributed by atoms with Gasteiger partial charge in [0.05, 0.1) is 23.7 Å². The average Bonchev–Trinajstić information content (AvgIpc) is 2.59. The number of carbonyl (C=O) groups excluding carboxylic acids is 1. The zero-order valence-corrected chi connectivity index (χ0v) is 15.4. The van der Waals surface area contributed by atoms with Gasteiger partial charge in [-0.25, -0.2) is 4.79 Å². The zero-order valence-electron chi connectivity index (χ0n) is 14.6. The molecule has 0 saturated heterocycles. The Bertz CT molecular complexity index is 809. The number of hydrogen-bond acceptors (Lipinski definition) is 5. The highest BCUT2D eigenvalue weighted by Crippen LogP contribution is 2.21. The van der Waals surface area contributed by atoms with Crippen LogP contribution < -0.4 is 0 Å². The highest BCUT2D eigenvalue weighted by atomic mass is 32.2. The minimum atomic E-state index is -3.84. The molecular weight excluding hydrogens is 340 g/mol. The SMILES string of the molecule is Cc1ccc(S(=O)(=O)OCC(C)(C)COC(=O)c2ccccc2)cc1. The van der Waals surface area contributed by atoms with Crippen LogP contribution in [0.15, 0.2) is 59.5 Å². The molecule has 0 unspecified atom stereocenters. The van der Waals surface area contributed by atoms with E-state index in [1.165, 1.54) is 12.1 Å². The molecule has 0 fully saturated rings. The van der Waals surface area contributed by atoms with E-state index in [0.29, 0.717) is 5.56 Å². The van der Waals surface area contributed by atoms with Crippen molar-refractivity contribution in [2.24, 2.45) is 5.41 Å². The molecule has 0 atom stereocenters. The fraction of sp³-hybridized carbons (Fsp3) is 0.316. The highest BCUT2D eigenvalue weighted by Gasteiger charge is 2.25. The van der Waals surface area contributed by atoms with Gasteiger partial charge in [-0.3, -0.25) is 4.18 Å². The zero-order chi connectivity index (χ0) is 18.5. The fourth-order valence-electron chi connectivity index (χ4n) is 1.97. The van der Waals surface area contributed by atoms with Gasteiger partial charge in [0.25, 0.3) is 10.1 Å². The summed E-state index contributed by atoms with van der Waals surface area (Å²) in [5.41, 5.74) is 0.765. The highest BCUT2D eigenvalue weighted by molar-refractivity contribution is 7.86. The molecule has 0 spiro atoms. The second-order valence-electron chi connectivity index (χ2n) is 6.64. The Labute approximate surface area is 148 Å². The summed E-state index contributed by atoms with van der Waals surface area (Å²) in [5, 5.41) is 0. The number of aryl methyl sites for hydroxylation is 1. The van der Waals surface area contributed by atoms with Crippen LogP contribution in [0.2, 0.25) is 0 Å². The number of ether oxygens (including phenoxy) is 1. The number of benzene rings is 2. The van der Waals surface area contributed by atoms with Crippen LogP contribution in [0.1, 0.15) is 29.8 Å². The van der Waals surface area contributed by atoms with E-state index < -0.39 is 21.5 Å². The van der Waals surface area contributed by atoms with Crippen LogP contribution in [0.3, 0.4) is 0 Å². The lowest BCUT2D eigenvalue weighted by Gasteiger charge is -2.23. The first-order chi connectivity index (χ1) is 11.7. The molecule has 0 heterocycles. The summed E-state index contributed by atoms with van der Waals surface area (Å²) in [5.74, 6) is -0.449. The summed E-state index contributed by atoms with van der Waals surface area (Å²) in [4.78, 5) is 12.1. The van der Waals surface area contributed by atoms with Gasteiger partial charge in [-0.15, -0.1) is 0 Å². The fourth-order valence-corrected chi connectivity index (χ4v) is 3.05. The number of hydrogen-bond donors (Lipinski definition) is 0. The van der Waals surface area contributed by atoms with E-state index in [-0.39, 0.29) is 18.1 Å². The van der Waals surface area contributed by atoms with Gasteiger partial charge < -0.3 is 4.74 Å². The van der Waals surface area contributed by atoms with E-state index in [2.05, 4.69) is 0 Å². The molecule has 0 N–H and O–H groups in total. The summed E-state index contributed by atoms with van der Waals surface area (Å²) in [6.45, 7) is 5.38. The minimum absolute atomic E-state index is 0.0458. The largest absolute Gasteiger partial charge is 0.461 e. The molecule has 5 nitrogen and oxygen atoms in total. The predicted octanol–water partition coefficient (Wildman–Crippen LogP) is 3.58. The number of rotatable bonds is 7. The van der Waals surface area contributed by atoms with Crippen molar-refractivity contribution in [3.8, 4) is 0 Å². The first-order valence-corrected chi connectivity index (χ1v) is 9.29. The molecule has 0 aromatic heterocycles. The van der Waals surface area contributed by atoms with E-state index in [0.717, 1.165) is 5.56 Å². The number of carbonyl (C=O) groups is 1. The third-order valence-electron chi connectivity index (χ3n) is 3.52. The van der Waals surface area contributed by atoms with Crippen molar-refractivity contribution in [3.05, 3.63) is 65.7 Å². The predicted molar refractivity (Wildman–Crippen MR) is 94.8 cm³/mol. The molecular formula is C19H22O5S. The summed E-state index contributed by atoms with van der Waals surface area (Å²) < 4.78 is 34.8. The van der Waals surface area contributed by atoms with Gasteiger partial charge in [-0.1, -0.05) is 49.7 Å². The third-order valence-corrected chi connectivity index (χ3v) is 4.80. The summed E-state index contributed by atoms with van der Waals surface area (Å²) in [6, 6.07) is 15.1. The maximum atomic E-state index is 12.2. The Hall–Kier alpha value is -2.18. The lowest BCUT2D eigenvalue weighted by atomic mass is 9.96. The number of esters is 1. The smallest absolute Gasteiger partial charge is 0.338 e. The Morgan fingerprint density at radius 3 is 2.16 bits per heavy atom. The normalized spacial score (nSPS) is 12.0. The first kappa shape index (κ1) is 19.1. The van der Waals surface area contributed by atoms with Crippen molar-refractivity contribution >= 4 is 16.1 Å². The van der Waals surface area contributed by atoms with Gasteiger partial charge in [0.2, 0.25) is 0 Å². The quantitative estimate of drug-likeness (QED) is 0.556. The Morgan fingerprint density at radius 1 is 0.960 bits per heavy atom. The van der Waals surface area contributed by atoms with Crippen LogP contribution in [0.5, 0.6) is 0 Å². The van der Waals surface area contributed by atoms with Gasteiger partial charge in [0.1, 0.15) is 0 Å². The average molecular weight is 362 g/mol. The molecule has 0 aliphatic rings. The lowest BCUT2D eigenvalue weighted by Crippen LogP contribution is -2.28. The van der Waals surface area contributed by atoms with Gasteiger partial charge in [0.15, 0.2) is 0 Å². The second-order valence-corrected chi connectivity index (χ2v) is 8.25. The molecule has 6 heteroatoms. The molecule has 2 rings (SSSR count). The van der Waals surface area contributed by atoms with Crippen LogP contribution in [-0.2, 0) is 19.0 Å². The molecule has 0 amide bonds. The van der Waals surface area contributed by atoms with E-state index in [1.807, 2.05) is 13.0 Å².